The summed E-state index contributed by atoms with van der Waals surface area (Å²) in [5, 5.41) is 3.29. The Bertz CT molecular complexity index is 232. The van der Waals surface area contributed by atoms with E-state index in [2.05, 4.69) is 24.0 Å². The summed E-state index contributed by atoms with van der Waals surface area (Å²) in [4.78, 5) is 0. The third-order valence-electron chi connectivity index (χ3n) is 1.63. The average Bonchev–Trinajstić information content (AvgIpc) is 2.14. The minimum atomic E-state index is 0.893. The highest BCUT2D eigenvalue weighted by Gasteiger charge is 1.89. The molecule has 0 spiro atoms. The highest BCUT2D eigenvalue weighted by molar-refractivity contribution is 5.21. The van der Waals surface area contributed by atoms with Crippen molar-refractivity contribution >= 4 is 0 Å². The van der Waals surface area contributed by atoms with Crippen molar-refractivity contribution in [2.24, 2.45) is 0 Å². The Morgan fingerprint density at radius 1 is 1.38 bits per heavy atom. The molecule has 13 heavy (non-hydrogen) atoms. The van der Waals surface area contributed by atoms with Crippen LogP contribution in [0.2, 0.25) is 0 Å². The van der Waals surface area contributed by atoms with Crippen LogP contribution < -0.4 is 5.32 Å². The van der Waals surface area contributed by atoms with Crippen LogP contribution in [-0.4, -0.2) is 0 Å². The fraction of sp³-hybridized carbons (Fsp3) is 0.333. The van der Waals surface area contributed by atoms with E-state index < -0.39 is 0 Å². The third kappa shape index (κ3) is 5.97. The summed E-state index contributed by atoms with van der Waals surface area (Å²) < 4.78 is 0. The van der Waals surface area contributed by atoms with E-state index in [1.54, 1.807) is 0 Å². The lowest BCUT2D eigenvalue weighted by atomic mass is 10.3. The third-order valence-corrected chi connectivity index (χ3v) is 1.63. The maximum absolute atomic E-state index is 3.68. The van der Waals surface area contributed by atoms with Gasteiger partial charge in [0.25, 0.3) is 0 Å². The van der Waals surface area contributed by atoms with Gasteiger partial charge in [0.2, 0.25) is 0 Å². The lowest BCUT2D eigenvalue weighted by molar-refractivity contribution is 0.986. The molecule has 72 valence electrons. The maximum Gasteiger partial charge on any atom is 0.0340 e. The maximum atomic E-state index is 3.68. The molecule has 0 amide bonds. The van der Waals surface area contributed by atoms with Gasteiger partial charge in [-0.25, -0.2) is 0 Å². The Balaban J connectivity index is 4.33. The molecule has 0 radical (unpaired) electrons. The molecule has 0 aromatic rings. The van der Waals surface area contributed by atoms with Gasteiger partial charge in [-0.2, -0.15) is 0 Å². The summed E-state index contributed by atoms with van der Waals surface area (Å²) >= 11 is 0. The van der Waals surface area contributed by atoms with Crippen LogP contribution >= 0.6 is 0 Å². The second-order valence-electron chi connectivity index (χ2n) is 2.78. The molecular formula is C12H19N. The predicted molar refractivity (Wildman–Crippen MR) is 60.3 cm³/mol. The van der Waals surface area contributed by atoms with Crippen molar-refractivity contribution in [3.05, 3.63) is 48.4 Å². The highest BCUT2D eigenvalue weighted by Crippen LogP contribution is 1.99. The number of hydrogen-bond donors (Lipinski definition) is 1. The molecule has 0 aliphatic rings. The largest absolute Gasteiger partial charge is 0.360 e. The Morgan fingerprint density at radius 3 is 2.54 bits per heavy atom. The Labute approximate surface area is 81.5 Å². The Hall–Kier alpha value is -1.24. The van der Waals surface area contributed by atoms with Gasteiger partial charge in [-0.1, -0.05) is 24.3 Å². The topological polar surface area (TPSA) is 12.0 Å². The molecule has 0 saturated carbocycles. The monoisotopic (exact) mass is 177 g/mol. The smallest absolute Gasteiger partial charge is 0.0340 e. The minimum Gasteiger partial charge on any atom is -0.360 e. The first-order valence-electron chi connectivity index (χ1n) is 4.58. The van der Waals surface area contributed by atoms with E-state index in [1.807, 2.05) is 39.0 Å². The van der Waals surface area contributed by atoms with Gasteiger partial charge in [-0.05, 0) is 33.3 Å². The normalized spacial score (nSPS) is 13.5. The molecule has 0 unspecified atom stereocenters. The second kappa shape index (κ2) is 7.41. The molecular weight excluding hydrogens is 158 g/mol. The van der Waals surface area contributed by atoms with Crippen LogP contribution in [0.4, 0.5) is 0 Å². The fourth-order valence-electron chi connectivity index (χ4n) is 0.850. The summed E-state index contributed by atoms with van der Waals surface area (Å²) in [5.41, 5.74) is 2.28. The zero-order valence-electron chi connectivity index (χ0n) is 8.80. The van der Waals surface area contributed by atoms with Crippen molar-refractivity contribution in [3.63, 3.8) is 0 Å². The molecule has 1 N–H and O–H groups in total. The molecule has 0 heterocycles. The standard InChI is InChI=1S/C12H19N/c1-5-8-10-12(9-6-2)13-11(4)7-3/h5-7,9-10,13H,1,8H2,2-4H3/b9-6-,11-7-,12-10+. The summed E-state index contributed by atoms with van der Waals surface area (Å²) in [6, 6.07) is 0. The number of nitrogens with one attached hydrogen (secondary N) is 1. The molecule has 1 heteroatoms. The van der Waals surface area contributed by atoms with Gasteiger partial charge in [0.05, 0.1) is 0 Å². The molecule has 0 aliphatic heterocycles. The zero-order valence-corrected chi connectivity index (χ0v) is 8.80. The molecule has 0 rings (SSSR count). The van der Waals surface area contributed by atoms with E-state index in [0.29, 0.717) is 0 Å². The average molecular weight is 177 g/mol. The van der Waals surface area contributed by atoms with E-state index in [0.717, 1.165) is 17.8 Å². The molecule has 0 fully saturated rings. The summed E-state index contributed by atoms with van der Waals surface area (Å²) in [6.07, 6.45) is 11.0. The fourth-order valence-corrected chi connectivity index (χ4v) is 0.850. The predicted octanol–water partition coefficient (Wildman–Crippen LogP) is 3.54. The van der Waals surface area contributed by atoms with Crippen molar-refractivity contribution in [1.29, 1.82) is 0 Å². The molecule has 0 bridgehead atoms. The number of hydrogen-bond acceptors (Lipinski definition) is 1. The van der Waals surface area contributed by atoms with Crippen LogP contribution in [0.25, 0.3) is 0 Å². The van der Waals surface area contributed by atoms with E-state index in [4.69, 9.17) is 0 Å². The van der Waals surface area contributed by atoms with Crippen molar-refractivity contribution in [2.75, 3.05) is 0 Å². The summed E-state index contributed by atoms with van der Waals surface area (Å²) in [7, 11) is 0. The SMILES string of the molecule is C=CC/C=C(\C=C/C)N/C(C)=C\C. The van der Waals surface area contributed by atoms with E-state index in [9.17, 15) is 0 Å². The quantitative estimate of drug-likeness (QED) is 0.500. The van der Waals surface area contributed by atoms with Crippen LogP contribution in [0.1, 0.15) is 27.2 Å². The van der Waals surface area contributed by atoms with Gasteiger partial charge in [0.15, 0.2) is 0 Å². The van der Waals surface area contributed by atoms with Gasteiger partial charge < -0.3 is 5.32 Å². The van der Waals surface area contributed by atoms with Crippen molar-refractivity contribution in [3.8, 4) is 0 Å². The van der Waals surface area contributed by atoms with Crippen molar-refractivity contribution < 1.29 is 0 Å². The van der Waals surface area contributed by atoms with Crippen molar-refractivity contribution in [1.82, 2.24) is 5.32 Å². The summed E-state index contributed by atoms with van der Waals surface area (Å²) in [6.45, 7) is 9.75. The Morgan fingerprint density at radius 2 is 2.08 bits per heavy atom. The molecule has 0 aromatic heterocycles. The van der Waals surface area contributed by atoms with Crippen LogP contribution in [-0.2, 0) is 0 Å². The second-order valence-corrected chi connectivity index (χ2v) is 2.78. The van der Waals surface area contributed by atoms with Crippen LogP contribution in [0, 0.1) is 0 Å². The van der Waals surface area contributed by atoms with Crippen molar-refractivity contribution in [2.45, 2.75) is 27.2 Å². The molecule has 0 aromatic carbocycles. The van der Waals surface area contributed by atoms with Crippen LogP contribution in [0.3, 0.4) is 0 Å². The first-order valence-corrected chi connectivity index (χ1v) is 4.58. The van der Waals surface area contributed by atoms with Crippen LogP contribution in [0.15, 0.2) is 48.4 Å². The molecule has 0 saturated heterocycles. The van der Waals surface area contributed by atoms with Gasteiger partial charge in [-0.15, -0.1) is 6.58 Å². The van der Waals surface area contributed by atoms with Gasteiger partial charge in [0, 0.05) is 11.4 Å². The van der Waals surface area contributed by atoms with Gasteiger partial charge in [0.1, 0.15) is 0 Å². The lowest BCUT2D eigenvalue weighted by Crippen LogP contribution is -2.08. The molecule has 0 atom stereocenters. The lowest BCUT2D eigenvalue weighted by Gasteiger charge is -2.06. The van der Waals surface area contributed by atoms with Gasteiger partial charge >= 0.3 is 0 Å². The number of allylic oxidation sites excluding steroid dienone is 6. The molecule has 0 aliphatic carbocycles. The Kier molecular flexibility index (Phi) is 6.70. The van der Waals surface area contributed by atoms with E-state index in [1.165, 1.54) is 0 Å². The van der Waals surface area contributed by atoms with E-state index in [-0.39, 0.29) is 0 Å². The number of rotatable bonds is 5. The zero-order chi connectivity index (χ0) is 10.1. The summed E-state index contributed by atoms with van der Waals surface area (Å²) in [5.74, 6) is 0. The first kappa shape index (κ1) is 11.8. The highest BCUT2D eigenvalue weighted by atomic mass is 14.9. The van der Waals surface area contributed by atoms with Crippen LogP contribution in [0.5, 0.6) is 0 Å². The first-order chi connectivity index (χ1) is 6.24. The van der Waals surface area contributed by atoms with Gasteiger partial charge in [-0.3, -0.25) is 0 Å². The van der Waals surface area contributed by atoms with E-state index >= 15 is 0 Å². The minimum absolute atomic E-state index is 0.893. The molecule has 1 nitrogen and oxygen atoms in total.